The summed E-state index contributed by atoms with van der Waals surface area (Å²) in [4.78, 5) is 0. The van der Waals surface area contributed by atoms with Crippen molar-refractivity contribution in [1.29, 1.82) is 0 Å². The Labute approximate surface area is 86.3 Å². The molecule has 4 heteroatoms. The third-order valence-corrected chi connectivity index (χ3v) is 2.81. The summed E-state index contributed by atoms with van der Waals surface area (Å²) in [5.41, 5.74) is 11.3. The summed E-state index contributed by atoms with van der Waals surface area (Å²) in [5.74, 6) is 0. The second-order valence-electron chi connectivity index (χ2n) is 3.68. The summed E-state index contributed by atoms with van der Waals surface area (Å²) >= 11 is 8.83. The molecule has 12 heavy (non-hydrogen) atoms. The van der Waals surface area contributed by atoms with E-state index in [9.17, 15) is 0 Å². The molecule has 0 aliphatic heterocycles. The van der Waals surface area contributed by atoms with Crippen LogP contribution in [0.2, 0.25) is 0 Å². The summed E-state index contributed by atoms with van der Waals surface area (Å²) in [5, 5.41) is 0.195. The first kappa shape index (κ1) is 12.6. The van der Waals surface area contributed by atoms with Gasteiger partial charge in [-0.2, -0.15) is 25.3 Å². The average molecular weight is 208 g/mol. The Hall–Kier alpha value is 0.620. The maximum absolute atomic E-state index is 5.94. The van der Waals surface area contributed by atoms with Crippen LogP contribution in [0.3, 0.4) is 0 Å². The molecule has 0 aromatic carbocycles. The SMILES string of the molecule is CC(C)(S)C(N)C(S)CCCN. The third-order valence-electron chi connectivity index (χ3n) is 1.93. The monoisotopic (exact) mass is 208 g/mol. The molecule has 0 bridgehead atoms. The van der Waals surface area contributed by atoms with E-state index in [2.05, 4.69) is 25.3 Å². The van der Waals surface area contributed by atoms with Crippen molar-refractivity contribution in [2.24, 2.45) is 11.5 Å². The summed E-state index contributed by atoms with van der Waals surface area (Å²) in [7, 11) is 0. The Balaban J connectivity index is 3.84. The van der Waals surface area contributed by atoms with E-state index < -0.39 is 0 Å². The van der Waals surface area contributed by atoms with Gasteiger partial charge in [0.1, 0.15) is 0 Å². The normalized spacial score (nSPS) is 17.5. The fourth-order valence-corrected chi connectivity index (χ4v) is 1.83. The summed E-state index contributed by atoms with van der Waals surface area (Å²) in [6.45, 7) is 4.72. The van der Waals surface area contributed by atoms with Crippen LogP contribution in [0, 0.1) is 0 Å². The molecule has 0 spiro atoms. The molecular weight excluding hydrogens is 188 g/mol. The quantitative estimate of drug-likeness (QED) is 0.511. The van der Waals surface area contributed by atoms with Crippen molar-refractivity contribution < 1.29 is 0 Å². The second kappa shape index (κ2) is 5.37. The Morgan fingerprint density at radius 1 is 1.42 bits per heavy atom. The minimum Gasteiger partial charge on any atom is -0.330 e. The van der Waals surface area contributed by atoms with E-state index in [1.807, 2.05) is 13.8 Å². The molecule has 0 aliphatic carbocycles. The van der Waals surface area contributed by atoms with E-state index in [-0.39, 0.29) is 16.0 Å². The zero-order chi connectivity index (χ0) is 9.78. The van der Waals surface area contributed by atoms with Crippen molar-refractivity contribution in [1.82, 2.24) is 0 Å². The highest BCUT2D eigenvalue weighted by atomic mass is 32.1. The molecule has 0 heterocycles. The Bertz CT molecular complexity index is 123. The van der Waals surface area contributed by atoms with Gasteiger partial charge in [0, 0.05) is 16.0 Å². The van der Waals surface area contributed by atoms with Crippen molar-refractivity contribution >= 4 is 25.3 Å². The minimum atomic E-state index is -0.166. The van der Waals surface area contributed by atoms with Crippen LogP contribution in [0.1, 0.15) is 26.7 Å². The molecule has 2 unspecified atom stereocenters. The number of nitrogens with two attached hydrogens (primary N) is 2. The van der Waals surface area contributed by atoms with E-state index in [0.717, 1.165) is 12.8 Å². The highest BCUT2D eigenvalue weighted by Gasteiger charge is 2.26. The van der Waals surface area contributed by atoms with Crippen LogP contribution >= 0.6 is 25.3 Å². The van der Waals surface area contributed by atoms with Crippen LogP contribution in [0.15, 0.2) is 0 Å². The first-order valence-corrected chi connectivity index (χ1v) is 5.22. The number of thiol groups is 2. The molecule has 74 valence electrons. The van der Waals surface area contributed by atoms with Crippen molar-refractivity contribution in [3.63, 3.8) is 0 Å². The van der Waals surface area contributed by atoms with Gasteiger partial charge in [-0.3, -0.25) is 0 Å². The fourth-order valence-electron chi connectivity index (χ4n) is 0.977. The lowest BCUT2D eigenvalue weighted by Crippen LogP contribution is -2.45. The van der Waals surface area contributed by atoms with Crippen LogP contribution in [0.5, 0.6) is 0 Å². The van der Waals surface area contributed by atoms with Gasteiger partial charge in [0.25, 0.3) is 0 Å². The van der Waals surface area contributed by atoms with Crippen LogP contribution < -0.4 is 11.5 Å². The average Bonchev–Trinajstić information content (AvgIpc) is 1.97. The van der Waals surface area contributed by atoms with E-state index in [1.54, 1.807) is 0 Å². The van der Waals surface area contributed by atoms with Crippen LogP contribution in [-0.4, -0.2) is 22.6 Å². The van der Waals surface area contributed by atoms with Gasteiger partial charge < -0.3 is 11.5 Å². The predicted octanol–water partition coefficient (Wildman–Crippen LogP) is 1.06. The Morgan fingerprint density at radius 2 is 1.92 bits per heavy atom. The van der Waals surface area contributed by atoms with Crippen molar-refractivity contribution in [2.75, 3.05) is 6.54 Å². The molecular formula is C8H20N2S2. The maximum atomic E-state index is 5.94. The summed E-state index contributed by atoms with van der Waals surface area (Å²) < 4.78 is -0.166. The zero-order valence-corrected chi connectivity index (χ0v) is 9.61. The second-order valence-corrected chi connectivity index (χ2v) is 5.49. The number of rotatable bonds is 5. The molecule has 0 saturated heterocycles. The number of hydrogen-bond donors (Lipinski definition) is 4. The van der Waals surface area contributed by atoms with Crippen LogP contribution in [0.4, 0.5) is 0 Å². The Kier molecular flexibility index (Phi) is 5.65. The maximum Gasteiger partial charge on any atom is 0.0298 e. The number of hydrogen-bond acceptors (Lipinski definition) is 4. The van der Waals surface area contributed by atoms with Gasteiger partial charge in [0.05, 0.1) is 0 Å². The van der Waals surface area contributed by atoms with Crippen LogP contribution in [-0.2, 0) is 0 Å². The molecule has 0 fully saturated rings. The smallest absolute Gasteiger partial charge is 0.0298 e. The molecule has 0 saturated carbocycles. The molecule has 0 rings (SSSR count). The topological polar surface area (TPSA) is 52.0 Å². The van der Waals surface area contributed by atoms with E-state index in [0.29, 0.717) is 6.54 Å². The molecule has 0 aliphatic rings. The molecule has 4 N–H and O–H groups in total. The van der Waals surface area contributed by atoms with E-state index >= 15 is 0 Å². The van der Waals surface area contributed by atoms with Gasteiger partial charge in [-0.1, -0.05) is 0 Å². The summed E-state index contributed by atoms with van der Waals surface area (Å²) in [6, 6.07) is 0.00992. The Morgan fingerprint density at radius 3 is 2.25 bits per heavy atom. The fraction of sp³-hybridized carbons (Fsp3) is 1.00. The van der Waals surface area contributed by atoms with Gasteiger partial charge >= 0.3 is 0 Å². The van der Waals surface area contributed by atoms with E-state index in [1.165, 1.54) is 0 Å². The van der Waals surface area contributed by atoms with Crippen LogP contribution in [0.25, 0.3) is 0 Å². The highest BCUT2D eigenvalue weighted by Crippen LogP contribution is 2.23. The first-order valence-electron chi connectivity index (χ1n) is 4.25. The third kappa shape index (κ3) is 4.60. The van der Waals surface area contributed by atoms with Crippen molar-refractivity contribution in [3.8, 4) is 0 Å². The van der Waals surface area contributed by atoms with Crippen molar-refractivity contribution in [3.05, 3.63) is 0 Å². The van der Waals surface area contributed by atoms with Gasteiger partial charge in [-0.15, -0.1) is 0 Å². The lowest BCUT2D eigenvalue weighted by atomic mass is 9.98. The van der Waals surface area contributed by atoms with Gasteiger partial charge in [0.15, 0.2) is 0 Å². The molecule has 0 amide bonds. The standard InChI is InChI=1S/C8H20N2S2/c1-8(2,12)7(10)6(11)4-3-5-9/h6-7,11-12H,3-5,9-10H2,1-2H3. The first-order chi connectivity index (χ1) is 5.39. The van der Waals surface area contributed by atoms with E-state index in [4.69, 9.17) is 11.5 Å². The molecule has 2 nitrogen and oxygen atoms in total. The minimum absolute atomic E-state index is 0.00992. The predicted molar refractivity (Wildman–Crippen MR) is 62.1 cm³/mol. The van der Waals surface area contributed by atoms with Gasteiger partial charge in [0.2, 0.25) is 0 Å². The molecule has 0 aromatic rings. The lowest BCUT2D eigenvalue weighted by Gasteiger charge is -2.30. The zero-order valence-electron chi connectivity index (χ0n) is 7.83. The summed E-state index contributed by atoms with van der Waals surface area (Å²) in [6.07, 6.45) is 1.94. The van der Waals surface area contributed by atoms with Crippen molar-refractivity contribution in [2.45, 2.75) is 42.7 Å². The molecule has 0 aromatic heterocycles. The lowest BCUT2D eigenvalue weighted by molar-refractivity contribution is 0.498. The van der Waals surface area contributed by atoms with Gasteiger partial charge in [-0.25, -0.2) is 0 Å². The largest absolute Gasteiger partial charge is 0.330 e. The molecule has 0 radical (unpaired) electrons. The molecule has 2 atom stereocenters. The highest BCUT2D eigenvalue weighted by molar-refractivity contribution is 7.82. The van der Waals surface area contributed by atoms with Gasteiger partial charge in [-0.05, 0) is 33.2 Å².